The summed E-state index contributed by atoms with van der Waals surface area (Å²) in [7, 11) is 1.40. The average Bonchev–Trinajstić information content (AvgIpc) is 2.43. The Morgan fingerprint density at radius 3 is 2.42 bits per heavy atom. The lowest BCUT2D eigenvalue weighted by molar-refractivity contribution is 0.0601. The van der Waals surface area contributed by atoms with E-state index in [2.05, 4.69) is 19.2 Å². The van der Waals surface area contributed by atoms with Gasteiger partial charge in [-0.2, -0.15) is 0 Å². The molecule has 1 N–H and O–H groups in total. The van der Waals surface area contributed by atoms with Gasteiger partial charge in [-0.1, -0.05) is 13.8 Å². The molecule has 1 aromatic carbocycles. The van der Waals surface area contributed by atoms with Gasteiger partial charge in [0.2, 0.25) is 0 Å². The Hall–Kier alpha value is -1.51. The first-order chi connectivity index (χ1) is 9.10. The van der Waals surface area contributed by atoms with Crippen LogP contribution in [0.25, 0.3) is 0 Å². The van der Waals surface area contributed by atoms with E-state index in [1.807, 2.05) is 24.3 Å². The third kappa shape index (κ3) is 3.49. The number of anilines is 1. The monoisotopic (exact) mass is 261 g/mol. The fraction of sp³-hybridized carbons (Fsp3) is 0.562. The molecule has 2 rings (SSSR count). The van der Waals surface area contributed by atoms with Crippen LogP contribution in [-0.4, -0.2) is 19.1 Å². The number of esters is 1. The van der Waals surface area contributed by atoms with Crippen LogP contribution in [-0.2, 0) is 4.74 Å². The first-order valence-electron chi connectivity index (χ1n) is 7.05. The van der Waals surface area contributed by atoms with Crippen LogP contribution in [0.1, 0.15) is 43.5 Å². The number of hydrogen-bond acceptors (Lipinski definition) is 3. The first-order valence-corrected chi connectivity index (χ1v) is 7.05. The fourth-order valence-corrected chi connectivity index (χ4v) is 2.73. The van der Waals surface area contributed by atoms with Crippen molar-refractivity contribution in [3.05, 3.63) is 29.8 Å². The molecule has 0 spiro atoms. The van der Waals surface area contributed by atoms with Gasteiger partial charge in [-0.3, -0.25) is 0 Å². The van der Waals surface area contributed by atoms with Gasteiger partial charge >= 0.3 is 5.97 Å². The Bertz CT molecular complexity index is 427. The number of nitrogens with one attached hydrogen (secondary N) is 1. The van der Waals surface area contributed by atoms with Crippen LogP contribution in [0.2, 0.25) is 0 Å². The second-order valence-corrected chi connectivity index (χ2v) is 5.68. The lowest BCUT2D eigenvalue weighted by Crippen LogP contribution is -2.30. The predicted octanol–water partition coefficient (Wildman–Crippen LogP) is 3.71. The van der Waals surface area contributed by atoms with E-state index in [-0.39, 0.29) is 5.97 Å². The number of carbonyl (C=O) groups excluding carboxylic acids is 1. The Kier molecular flexibility index (Phi) is 4.46. The van der Waals surface area contributed by atoms with Crippen molar-refractivity contribution < 1.29 is 9.53 Å². The first kappa shape index (κ1) is 13.9. The van der Waals surface area contributed by atoms with Crippen LogP contribution < -0.4 is 5.32 Å². The number of ether oxygens (including phenoxy) is 1. The van der Waals surface area contributed by atoms with Gasteiger partial charge in [-0.05, 0) is 55.4 Å². The Balaban J connectivity index is 1.94. The van der Waals surface area contributed by atoms with Gasteiger partial charge in [0, 0.05) is 11.7 Å². The summed E-state index contributed by atoms with van der Waals surface area (Å²) in [6.07, 6.45) is 3.74. The molecule has 1 aromatic rings. The third-order valence-corrected chi connectivity index (χ3v) is 4.27. The van der Waals surface area contributed by atoms with Gasteiger partial charge < -0.3 is 10.1 Å². The number of methoxy groups -OCH3 is 1. The fourth-order valence-electron chi connectivity index (χ4n) is 2.73. The van der Waals surface area contributed by atoms with E-state index in [9.17, 15) is 4.79 Å². The van der Waals surface area contributed by atoms with Gasteiger partial charge in [0.1, 0.15) is 0 Å². The molecule has 0 aliphatic heterocycles. The summed E-state index contributed by atoms with van der Waals surface area (Å²) in [6.45, 7) is 4.67. The molecular weight excluding hydrogens is 238 g/mol. The van der Waals surface area contributed by atoms with Crippen molar-refractivity contribution in [2.75, 3.05) is 12.4 Å². The molecule has 0 amide bonds. The smallest absolute Gasteiger partial charge is 0.337 e. The largest absolute Gasteiger partial charge is 0.465 e. The molecule has 0 radical (unpaired) electrons. The molecule has 1 aliphatic rings. The molecule has 3 nitrogen and oxygen atoms in total. The van der Waals surface area contributed by atoms with Crippen molar-refractivity contribution >= 4 is 11.7 Å². The van der Waals surface area contributed by atoms with Crippen LogP contribution in [0.4, 0.5) is 5.69 Å². The Morgan fingerprint density at radius 2 is 1.84 bits per heavy atom. The van der Waals surface area contributed by atoms with Crippen LogP contribution >= 0.6 is 0 Å². The summed E-state index contributed by atoms with van der Waals surface area (Å²) in [5, 5.41) is 3.56. The summed E-state index contributed by atoms with van der Waals surface area (Å²) >= 11 is 0. The lowest BCUT2D eigenvalue weighted by Gasteiger charge is -2.33. The maximum atomic E-state index is 11.4. The van der Waals surface area contributed by atoms with Crippen molar-refractivity contribution in [1.29, 1.82) is 0 Å². The van der Waals surface area contributed by atoms with Crippen LogP contribution in [0.15, 0.2) is 24.3 Å². The highest BCUT2D eigenvalue weighted by atomic mass is 16.5. The number of hydrogen-bond donors (Lipinski definition) is 1. The number of rotatable bonds is 3. The quantitative estimate of drug-likeness (QED) is 0.843. The second kappa shape index (κ2) is 6.09. The average molecular weight is 261 g/mol. The molecule has 0 heterocycles. The summed E-state index contributed by atoms with van der Waals surface area (Å²) in [4.78, 5) is 11.4. The van der Waals surface area contributed by atoms with E-state index < -0.39 is 0 Å². The molecule has 19 heavy (non-hydrogen) atoms. The van der Waals surface area contributed by atoms with E-state index in [1.54, 1.807) is 0 Å². The van der Waals surface area contributed by atoms with Crippen molar-refractivity contribution in [3.8, 4) is 0 Å². The molecule has 0 aromatic heterocycles. The molecule has 0 bridgehead atoms. The minimum Gasteiger partial charge on any atom is -0.465 e. The zero-order valence-corrected chi connectivity index (χ0v) is 12.0. The van der Waals surface area contributed by atoms with E-state index in [1.165, 1.54) is 26.4 Å². The molecule has 104 valence electrons. The molecule has 1 saturated carbocycles. The van der Waals surface area contributed by atoms with Crippen molar-refractivity contribution in [2.24, 2.45) is 11.8 Å². The maximum Gasteiger partial charge on any atom is 0.337 e. The zero-order valence-electron chi connectivity index (χ0n) is 12.0. The summed E-state index contributed by atoms with van der Waals surface area (Å²) in [6, 6.07) is 8.07. The van der Waals surface area contributed by atoms with E-state index in [0.717, 1.165) is 17.5 Å². The Labute approximate surface area is 115 Å². The van der Waals surface area contributed by atoms with Crippen LogP contribution in [0, 0.1) is 11.8 Å². The molecule has 3 unspecified atom stereocenters. The highest BCUT2D eigenvalue weighted by molar-refractivity contribution is 5.89. The van der Waals surface area contributed by atoms with E-state index in [4.69, 9.17) is 4.74 Å². The Morgan fingerprint density at radius 1 is 1.16 bits per heavy atom. The minimum atomic E-state index is -0.285. The van der Waals surface area contributed by atoms with Gasteiger partial charge in [-0.25, -0.2) is 4.79 Å². The van der Waals surface area contributed by atoms with Crippen molar-refractivity contribution in [2.45, 2.75) is 39.2 Å². The van der Waals surface area contributed by atoms with E-state index in [0.29, 0.717) is 11.6 Å². The van der Waals surface area contributed by atoms with E-state index >= 15 is 0 Å². The highest BCUT2D eigenvalue weighted by Gasteiger charge is 2.24. The number of benzene rings is 1. The SMILES string of the molecule is COC(=O)c1ccc(NC2CCC(C)C(C)C2)cc1. The van der Waals surface area contributed by atoms with Crippen LogP contribution in [0.5, 0.6) is 0 Å². The van der Waals surface area contributed by atoms with Crippen molar-refractivity contribution in [1.82, 2.24) is 0 Å². The summed E-state index contributed by atoms with van der Waals surface area (Å²) in [5.74, 6) is 1.33. The second-order valence-electron chi connectivity index (χ2n) is 5.68. The van der Waals surface area contributed by atoms with Crippen LogP contribution in [0.3, 0.4) is 0 Å². The predicted molar refractivity (Wildman–Crippen MR) is 77.4 cm³/mol. The van der Waals surface area contributed by atoms with Gasteiger partial charge in [0.25, 0.3) is 0 Å². The van der Waals surface area contributed by atoms with Gasteiger partial charge in [0.15, 0.2) is 0 Å². The zero-order chi connectivity index (χ0) is 13.8. The lowest BCUT2D eigenvalue weighted by atomic mass is 9.79. The molecular formula is C16H23NO2. The standard InChI is InChI=1S/C16H23NO2/c1-11-4-7-15(10-12(11)2)17-14-8-5-13(6-9-14)16(18)19-3/h5-6,8-9,11-12,15,17H,4,7,10H2,1-3H3. The number of carbonyl (C=O) groups is 1. The molecule has 1 aliphatic carbocycles. The minimum absolute atomic E-state index is 0.285. The van der Waals surface area contributed by atoms with Gasteiger partial charge in [0.05, 0.1) is 12.7 Å². The molecule has 0 saturated heterocycles. The van der Waals surface area contributed by atoms with Gasteiger partial charge in [-0.15, -0.1) is 0 Å². The maximum absolute atomic E-state index is 11.4. The topological polar surface area (TPSA) is 38.3 Å². The highest BCUT2D eigenvalue weighted by Crippen LogP contribution is 2.31. The summed E-state index contributed by atoms with van der Waals surface area (Å²) < 4.78 is 4.69. The summed E-state index contributed by atoms with van der Waals surface area (Å²) in [5.41, 5.74) is 1.68. The van der Waals surface area contributed by atoms with Crippen molar-refractivity contribution in [3.63, 3.8) is 0 Å². The normalized spacial score (nSPS) is 26.8. The molecule has 3 atom stereocenters. The third-order valence-electron chi connectivity index (χ3n) is 4.27. The molecule has 1 fully saturated rings. The molecule has 3 heteroatoms.